The van der Waals surface area contributed by atoms with E-state index in [1.54, 1.807) is 32.1 Å². The second kappa shape index (κ2) is 57.6. The van der Waals surface area contributed by atoms with Gasteiger partial charge in [-0.05, 0) is 233 Å². The van der Waals surface area contributed by atoms with Crippen molar-refractivity contribution in [3.63, 3.8) is 0 Å². The average molecular weight is 1270 g/mol. The third kappa shape index (κ3) is 33.0. The molecule has 0 N–H and O–H groups in total. The van der Waals surface area contributed by atoms with Crippen LogP contribution in [0.25, 0.3) is 0 Å². The smallest absolute Gasteiger partial charge is 0.309 e. The van der Waals surface area contributed by atoms with Crippen molar-refractivity contribution in [2.24, 2.45) is 71.0 Å². The monoisotopic (exact) mass is 1270 g/mol. The highest BCUT2D eigenvalue weighted by molar-refractivity contribution is 5.76. The van der Waals surface area contributed by atoms with Crippen molar-refractivity contribution in [3.05, 3.63) is 0 Å². The van der Waals surface area contributed by atoms with E-state index in [0.29, 0.717) is 43.2 Å². The van der Waals surface area contributed by atoms with E-state index < -0.39 is 0 Å². The Hall–Kier alpha value is -1.79. The first kappa shape index (κ1) is 87.2. The van der Waals surface area contributed by atoms with Crippen molar-refractivity contribution >= 4 is 17.9 Å². The van der Waals surface area contributed by atoms with Gasteiger partial charge in [0.05, 0.1) is 37.3 Å². The average Bonchev–Trinajstić information content (AvgIpc) is 1.70. The first-order valence-corrected chi connectivity index (χ1v) is 39.4. The molecular formula is C78H152O11. The molecule has 8 heterocycles. The molecule has 0 aromatic carbocycles. The highest BCUT2D eigenvalue weighted by Crippen LogP contribution is 2.59. The minimum absolute atomic E-state index is 0.0255. The Kier molecular flexibility index (Phi) is 56.5. The van der Waals surface area contributed by atoms with Gasteiger partial charge < -0.3 is 37.9 Å². The number of rotatable bonds is 0. The molecule has 17 fully saturated rings. The van der Waals surface area contributed by atoms with E-state index in [-0.39, 0.29) is 29.9 Å². The van der Waals surface area contributed by atoms with Gasteiger partial charge in [0.15, 0.2) is 0 Å². The van der Waals surface area contributed by atoms with E-state index in [2.05, 4.69) is 0 Å². The van der Waals surface area contributed by atoms with Gasteiger partial charge in [0.2, 0.25) is 0 Å². The van der Waals surface area contributed by atoms with Crippen LogP contribution in [-0.2, 0) is 52.3 Å². The Labute approximate surface area is 552 Å². The maximum atomic E-state index is 11.1. The van der Waals surface area contributed by atoms with Gasteiger partial charge in [-0.2, -0.15) is 0 Å². The standard InChI is InChI=1S/C9H14.C8H10O2.C8H12O.C7H10O2.C7H12O.C6H10O2.C6H12O.C5H10O.C4H8O.9C2H6/c1-2-8-4-6-3-7(1)9(8)5-6;9-8-6-2-4-1-5(6)7(3-4)10-8;1-5-2-7-6(1)4-9-8(7)3-5;8-7-5-2-1-3-6(4-5)9-7;1-2-6-4-7(3-1)8-5-6;7-6-4-2-1-3-5-8-6;1-2-4-6-7-5-3-1;1-2-4-6-5-3-1;1-2-4-5-3-1;9*1-2/h6-9H,1-5H2;4-7H,1-3H2;5-8H,1-4H2;5-6H,1-4H2;6-7H,1-5H2;1-5H2;1-6H2;1-5H2;1-4H2;9*1-2H3. The molecule has 17 rings (SSSR count). The molecule has 9 aliphatic carbocycles. The van der Waals surface area contributed by atoms with Gasteiger partial charge in [0.25, 0.3) is 0 Å². The molecule has 0 radical (unpaired) electrons. The summed E-state index contributed by atoms with van der Waals surface area (Å²) in [5.41, 5.74) is 0. The quantitative estimate of drug-likeness (QED) is 0.170. The lowest BCUT2D eigenvalue weighted by molar-refractivity contribution is -0.144. The van der Waals surface area contributed by atoms with Gasteiger partial charge in [0, 0.05) is 58.6 Å². The van der Waals surface area contributed by atoms with Crippen LogP contribution in [0.1, 0.15) is 330 Å². The summed E-state index contributed by atoms with van der Waals surface area (Å²) < 4.78 is 41.3. The molecule has 530 valence electrons. The molecule has 89 heavy (non-hydrogen) atoms. The predicted octanol–water partition coefficient (Wildman–Crippen LogP) is 21.4. The van der Waals surface area contributed by atoms with Gasteiger partial charge in [-0.1, -0.05) is 144 Å². The van der Waals surface area contributed by atoms with Crippen LogP contribution < -0.4 is 0 Å². The molecule has 9 saturated carbocycles. The molecule has 0 aromatic heterocycles. The summed E-state index contributed by atoms with van der Waals surface area (Å²) in [7, 11) is 0. The van der Waals surface area contributed by atoms with Crippen molar-refractivity contribution < 1.29 is 52.3 Å². The predicted molar refractivity (Wildman–Crippen MR) is 374 cm³/mol. The molecule has 0 amide bonds. The van der Waals surface area contributed by atoms with Crippen LogP contribution in [0.15, 0.2) is 0 Å². The molecule has 0 spiro atoms. The summed E-state index contributed by atoms with van der Waals surface area (Å²) in [6.07, 6.45) is 43.4. The fourth-order valence-electron chi connectivity index (χ4n) is 16.1. The number of esters is 3. The Morgan fingerprint density at radius 1 is 0.303 bits per heavy atom. The zero-order valence-corrected chi connectivity index (χ0v) is 62.2. The second-order valence-corrected chi connectivity index (χ2v) is 25.0. The highest BCUT2D eigenvalue weighted by atomic mass is 16.6. The molecule has 17 aliphatic rings. The summed E-state index contributed by atoms with van der Waals surface area (Å²) in [5, 5.41) is 0. The first-order valence-electron chi connectivity index (χ1n) is 39.4. The van der Waals surface area contributed by atoms with Crippen molar-refractivity contribution in [2.75, 3.05) is 59.5 Å². The molecular weight excluding hydrogens is 1110 g/mol. The summed E-state index contributed by atoms with van der Waals surface area (Å²) in [5.74, 6) is 10.9. The molecule has 0 aromatic rings. The van der Waals surface area contributed by atoms with Gasteiger partial charge in [-0.3, -0.25) is 14.4 Å². The van der Waals surface area contributed by atoms with E-state index in [9.17, 15) is 14.4 Å². The molecule has 8 saturated heterocycles. The van der Waals surface area contributed by atoms with Gasteiger partial charge in [-0.15, -0.1) is 0 Å². The number of ether oxygens (including phenoxy) is 8. The lowest BCUT2D eigenvalue weighted by Gasteiger charge is -2.16. The number of carbonyl (C=O) groups excluding carboxylic acids is 3. The molecule has 11 nitrogen and oxygen atoms in total. The number of hydrogen-bond donors (Lipinski definition) is 0. The van der Waals surface area contributed by atoms with Crippen molar-refractivity contribution in [2.45, 2.75) is 355 Å². The molecule has 14 atom stereocenters. The van der Waals surface area contributed by atoms with Crippen molar-refractivity contribution in [1.82, 2.24) is 0 Å². The molecule has 11 heteroatoms. The number of cyclic esters (lactones) is 1. The van der Waals surface area contributed by atoms with Crippen LogP contribution in [0, 0.1) is 71.0 Å². The SMILES string of the molecule is C1CC2CC3CC1C2C3.C1CC2COC(C1)C2.C1CCCOCC1.C1CCOC1.C1CCOCC1.C1OC2CC3CC1C2C3.CC.CC.CC.CC.CC.CC.CC.CC.CC.O=C1CCCCCO1.O=C1OC2CC3CC1C2C3.O=C1OC2CCCC1C2. The maximum absolute atomic E-state index is 11.1. The number of hydrogen-bond acceptors (Lipinski definition) is 11. The van der Waals surface area contributed by atoms with E-state index in [1.165, 1.54) is 139 Å². The highest BCUT2D eigenvalue weighted by Gasteiger charge is 2.56. The van der Waals surface area contributed by atoms with E-state index >= 15 is 0 Å². The molecule has 10 bridgehead atoms. The Bertz CT molecular complexity index is 1470. The van der Waals surface area contributed by atoms with Crippen LogP contribution in [-0.4, -0.2) is 102 Å². The fourth-order valence-corrected chi connectivity index (χ4v) is 16.1. The lowest BCUT2D eigenvalue weighted by atomic mass is 9.89. The molecule has 8 aliphatic heterocycles. The van der Waals surface area contributed by atoms with Crippen LogP contribution in [0.4, 0.5) is 0 Å². The lowest BCUT2D eigenvalue weighted by Crippen LogP contribution is -2.15. The third-order valence-electron chi connectivity index (χ3n) is 19.8. The number of fused-ring (bicyclic) bond motifs is 7. The summed E-state index contributed by atoms with van der Waals surface area (Å²) >= 11 is 0. The third-order valence-corrected chi connectivity index (χ3v) is 19.8. The zero-order valence-electron chi connectivity index (χ0n) is 62.2. The summed E-state index contributed by atoms with van der Waals surface area (Å²) in [6, 6.07) is 0. The first-order chi connectivity index (χ1) is 43.9. The van der Waals surface area contributed by atoms with E-state index in [0.717, 1.165) is 134 Å². The Morgan fingerprint density at radius 3 is 1.20 bits per heavy atom. The van der Waals surface area contributed by atoms with Crippen LogP contribution in [0.5, 0.6) is 0 Å². The normalized spacial score (nSPS) is 34.2. The van der Waals surface area contributed by atoms with Gasteiger partial charge in [-0.25, -0.2) is 0 Å². The van der Waals surface area contributed by atoms with Gasteiger partial charge in [0.1, 0.15) is 12.2 Å². The maximum Gasteiger partial charge on any atom is 0.309 e. The summed E-state index contributed by atoms with van der Waals surface area (Å²) in [4.78, 5) is 32.4. The van der Waals surface area contributed by atoms with Crippen LogP contribution in [0.3, 0.4) is 0 Å². The number of carbonyl (C=O) groups is 3. The van der Waals surface area contributed by atoms with Crippen LogP contribution >= 0.6 is 0 Å². The molecule has 14 unspecified atom stereocenters. The Balaban J connectivity index is 0.000000953. The van der Waals surface area contributed by atoms with Gasteiger partial charge >= 0.3 is 17.9 Å². The van der Waals surface area contributed by atoms with Crippen molar-refractivity contribution in [3.8, 4) is 0 Å². The van der Waals surface area contributed by atoms with Crippen LogP contribution in [0.2, 0.25) is 0 Å². The van der Waals surface area contributed by atoms with E-state index in [4.69, 9.17) is 37.9 Å². The van der Waals surface area contributed by atoms with Crippen molar-refractivity contribution in [1.29, 1.82) is 0 Å². The fraction of sp³-hybridized carbons (Fsp3) is 0.962. The summed E-state index contributed by atoms with van der Waals surface area (Å²) in [6.45, 7) is 44.8. The minimum Gasteiger partial charge on any atom is -0.466 e. The zero-order chi connectivity index (χ0) is 66.6. The second-order valence-electron chi connectivity index (χ2n) is 25.0. The topological polar surface area (TPSA) is 125 Å². The minimum atomic E-state index is -0.0255. The van der Waals surface area contributed by atoms with E-state index in [1.807, 2.05) is 125 Å². The largest absolute Gasteiger partial charge is 0.466 e. The Morgan fingerprint density at radius 2 is 0.764 bits per heavy atom.